The van der Waals surface area contributed by atoms with Gasteiger partial charge in [0.25, 0.3) is 11.6 Å². The van der Waals surface area contributed by atoms with Crippen molar-refractivity contribution in [2.45, 2.75) is 45.6 Å². The Balaban J connectivity index is 2.45. The lowest BCUT2D eigenvalue weighted by Crippen LogP contribution is -2.70. The summed E-state index contributed by atoms with van der Waals surface area (Å²) in [6, 6.07) is 5.99. The van der Waals surface area contributed by atoms with Crippen molar-refractivity contribution in [2.24, 2.45) is 5.41 Å². The molecule has 1 aliphatic heterocycles. The highest BCUT2D eigenvalue weighted by Gasteiger charge is 2.69. The number of rotatable bonds is 3. The van der Waals surface area contributed by atoms with Gasteiger partial charge in [0, 0.05) is 5.41 Å². The molecule has 0 saturated carbocycles. The molecule has 1 aromatic rings. The van der Waals surface area contributed by atoms with Crippen molar-refractivity contribution < 1.29 is 27.6 Å². The number of nitrogens with zero attached hydrogens (tertiary/aromatic N) is 1. The first kappa shape index (κ1) is 19.7. The van der Waals surface area contributed by atoms with Crippen LogP contribution in [0.15, 0.2) is 30.3 Å². The Morgan fingerprint density at radius 1 is 1.15 bits per heavy atom. The van der Waals surface area contributed by atoms with Crippen molar-refractivity contribution in [1.29, 1.82) is 0 Å². The second kappa shape index (κ2) is 6.30. The van der Waals surface area contributed by atoms with Crippen molar-refractivity contribution in [3.8, 4) is 0 Å². The Morgan fingerprint density at radius 2 is 1.69 bits per heavy atom. The van der Waals surface area contributed by atoms with Gasteiger partial charge in [-0.1, -0.05) is 51.1 Å². The van der Waals surface area contributed by atoms with Gasteiger partial charge in [-0.05, 0) is 12.5 Å². The summed E-state index contributed by atoms with van der Waals surface area (Å²) in [5, 5.41) is 3.34. The van der Waals surface area contributed by atoms with E-state index < -0.39 is 41.1 Å². The molecule has 2 N–H and O–H groups in total. The summed E-state index contributed by atoms with van der Waals surface area (Å²) in [4.78, 5) is 37.5. The molecule has 1 aromatic carbocycles. The molecule has 0 unspecified atom stereocenters. The number of carbonyl (C=O) groups excluding carboxylic acids is 3. The van der Waals surface area contributed by atoms with Crippen LogP contribution in [0.2, 0.25) is 0 Å². The molecule has 4 amide bonds. The Kier molecular flexibility index (Phi) is 4.78. The van der Waals surface area contributed by atoms with E-state index in [1.165, 1.54) is 27.7 Å². The van der Waals surface area contributed by atoms with Gasteiger partial charge in [-0.2, -0.15) is 13.2 Å². The predicted molar refractivity (Wildman–Crippen MR) is 86.6 cm³/mol. The monoisotopic (exact) mass is 371 g/mol. The minimum absolute atomic E-state index is 0.478. The zero-order valence-electron chi connectivity index (χ0n) is 14.8. The molecule has 142 valence electrons. The van der Waals surface area contributed by atoms with E-state index in [2.05, 4.69) is 0 Å². The first-order valence-corrected chi connectivity index (χ1v) is 7.91. The number of urea groups is 1. The number of hydrogen-bond donors (Lipinski definition) is 2. The van der Waals surface area contributed by atoms with Crippen molar-refractivity contribution >= 4 is 17.8 Å². The first-order chi connectivity index (χ1) is 11.8. The lowest BCUT2D eigenvalue weighted by atomic mass is 9.94. The molecule has 9 heteroatoms. The van der Waals surface area contributed by atoms with Gasteiger partial charge in [0.15, 0.2) is 0 Å². The highest BCUT2D eigenvalue weighted by Crippen LogP contribution is 2.37. The van der Waals surface area contributed by atoms with Gasteiger partial charge in [0.05, 0.1) is 6.04 Å². The van der Waals surface area contributed by atoms with Crippen LogP contribution < -0.4 is 10.6 Å². The van der Waals surface area contributed by atoms with Crippen LogP contribution >= 0.6 is 0 Å². The van der Waals surface area contributed by atoms with Crippen molar-refractivity contribution in [3.63, 3.8) is 0 Å². The second-order valence-electron chi connectivity index (χ2n) is 7.14. The summed E-state index contributed by atoms with van der Waals surface area (Å²) >= 11 is 0. The fraction of sp³-hybridized carbons (Fsp3) is 0.471. The van der Waals surface area contributed by atoms with Gasteiger partial charge in [-0.25, -0.2) is 4.79 Å². The third kappa shape index (κ3) is 3.25. The molecule has 1 aliphatic rings. The number of alkyl halides is 3. The quantitative estimate of drug-likeness (QED) is 0.802. The van der Waals surface area contributed by atoms with Gasteiger partial charge in [0.2, 0.25) is 5.91 Å². The molecule has 1 heterocycles. The molecule has 2 rings (SSSR count). The molecule has 0 aromatic heterocycles. The van der Waals surface area contributed by atoms with Crippen LogP contribution in [0.3, 0.4) is 0 Å². The molecular weight excluding hydrogens is 351 g/mol. The maximum Gasteiger partial charge on any atom is 0.440 e. The summed E-state index contributed by atoms with van der Waals surface area (Å²) < 4.78 is 41.3. The molecule has 0 radical (unpaired) electrons. The first-order valence-electron chi connectivity index (χ1n) is 7.91. The van der Waals surface area contributed by atoms with Gasteiger partial charge in [-0.15, -0.1) is 0 Å². The fourth-order valence-electron chi connectivity index (χ4n) is 2.48. The highest BCUT2D eigenvalue weighted by molar-refractivity contribution is 6.09. The number of benzene rings is 1. The van der Waals surface area contributed by atoms with E-state index in [4.69, 9.17) is 0 Å². The molecule has 1 saturated heterocycles. The van der Waals surface area contributed by atoms with Gasteiger partial charge in [-0.3, -0.25) is 19.8 Å². The van der Waals surface area contributed by atoms with Crippen LogP contribution in [0.4, 0.5) is 18.0 Å². The Morgan fingerprint density at radius 3 is 2.15 bits per heavy atom. The zero-order chi connectivity index (χ0) is 19.9. The molecule has 26 heavy (non-hydrogen) atoms. The van der Waals surface area contributed by atoms with Crippen LogP contribution in [-0.4, -0.2) is 34.6 Å². The van der Waals surface area contributed by atoms with Gasteiger partial charge >= 0.3 is 12.2 Å². The molecular formula is C17H20F3N3O3. The third-order valence-corrected chi connectivity index (χ3v) is 4.13. The predicted octanol–water partition coefficient (Wildman–Crippen LogP) is 2.72. The van der Waals surface area contributed by atoms with E-state index in [9.17, 15) is 27.6 Å². The van der Waals surface area contributed by atoms with Crippen molar-refractivity contribution in [1.82, 2.24) is 15.5 Å². The smallest absolute Gasteiger partial charge is 0.317 e. The standard InChI is InChI=1S/C17H20F3N3O3/c1-10(11-8-6-5-7-9-11)23-13(25)16(17(18,19)20,22-14(23)26)21-12(24)15(2,3)4/h5-10H,1-4H3,(H,21,24)(H,22,26)/t10-,16+/m0/s1. The lowest BCUT2D eigenvalue weighted by molar-refractivity contribution is -0.205. The number of imide groups is 1. The molecule has 1 fully saturated rings. The van der Waals surface area contributed by atoms with E-state index >= 15 is 0 Å². The SMILES string of the molecule is C[C@@H](c1ccccc1)N1C(=O)N[C@@](NC(=O)C(C)(C)C)(C(F)(F)F)C1=O. The number of nitrogens with one attached hydrogen (secondary N) is 2. The number of amides is 4. The summed E-state index contributed by atoms with van der Waals surface area (Å²) in [5.74, 6) is -2.58. The van der Waals surface area contributed by atoms with Crippen molar-refractivity contribution in [2.75, 3.05) is 0 Å². The number of halogens is 3. The maximum atomic E-state index is 13.8. The lowest BCUT2D eigenvalue weighted by Gasteiger charge is -2.33. The summed E-state index contributed by atoms with van der Waals surface area (Å²) in [5.41, 5.74) is -4.20. The Bertz CT molecular complexity index is 728. The average molecular weight is 371 g/mol. The van der Waals surface area contributed by atoms with E-state index in [1.807, 2.05) is 0 Å². The average Bonchev–Trinajstić information content (AvgIpc) is 2.78. The summed E-state index contributed by atoms with van der Waals surface area (Å²) in [7, 11) is 0. The normalized spacial score (nSPS) is 22.2. The second-order valence-corrected chi connectivity index (χ2v) is 7.14. The van der Waals surface area contributed by atoms with Crippen LogP contribution in [0, 0.1) is 5.41 Å². The summed E-state index contributed by atoms with van der Waals surface area (Å²) in [6.07, 6.45) is -5.22. The van der Waals surface area contributed by atoms with E-state index in [1.54, 1.807) is 41.0 Å². The topological polar surface area (TPSA) is 78.5 Å². The van der Waals surface area contributed by atoms with Crippen LogP contribution in [0.25, 0.3) is 0 Å². The molecule has 0 spiro atoms. The Labute approximate surface area is 148 Å². The minimum Gasteiger partial charge on any atom is -0.317 e. The molecule has 0 bridgehead atoms. The summed E-state index contributed by atoms with van der Waals surface area (Å²) in [6.45, 7) is 5.64. The van der Waals surface area contributed by atoms with E-state index in [-0.39, 0.29) is 0 Å². The molecule has 0 aliphatic carbocycles. The van der Waals surface area contributed by atoms with Crippen LogP contribution in [-0.2, 0) is 9.59 Å². The number of carbonyl (C=O) groups is 3. The maximum absolute atomic E-state index is 13.8. The van der Waals surface area contributed by atoms with Crippen molar-refractivity contribution in [3.05, 3.63) is 35.9 Å². The Hall–Kier alpha value is -2.58. The minimum atomic E-state index is -5.22. The zero-order valence-corrected chi connectivity index (χ0v) is 14.8. The van der Waals surface area contributed by atoms with Gasteiger partial charge < -0.3 is 5.32 Å². The number of hydrogen-bond acceptors (Lipinski definition) is 3. The van der Waals surface area contributed by atoms with Gasteiger partial charge in [0.1, 0.15) is 0 Å². The third-order valence-electron chi connectivity index (χ3n) is 4.13. The molecule has 2 atom stereocenters. The van der Waals surface area contributed by atoms with E-state index in [0.29, 0.717) is 10.5 Å². The van der Waals surface area contributed by atoms with Crippen LogP contribution in [0.5, 0.6) is 0 Å². The van der Waals surface area contributed by atoms with E-state index in [0.717, 1.165) is 0 Å². The molecule has 6 nitrogen and oxygen atoms in total. The van der Waals surface area contributed by atoms with Crippen LogP contribution in [0.1, 0.15) is 39.3 Å². The largest absolute Gasteiger partial charge is 0.440 e. The fourth-order valence-corrected chi connectivity index (χ4v) is 2.48. The highest BCUT2D eigenvalue weighted by atomic mass is 19.4.